The number of carbonyl (C=O) groups is 1. The first-order chi connectivity index (χ1) is 13.6. The minimum atomic E-state index is 0.149. The van der Waals surface area contributed by atoms with Crippen LogP contribution in [0.3, 0.4) is 0 Å². The minimum absolute atomic E-state index is 0.149. The minimum Gasteiger partial charge on any atom is -0.423 e. The maximum atomic E-state index is 12.5. The second kappa shape index (κ2) is 7.24. The lowest BCUT2D eigenvalue weighted by molar-refractivity contribution is -0.141. The van der Waals surface area contributed by atoms with Crippen LogP contribution in [0.2, 0.25) is 0 Å². The number of carbonyl (C=O) groups excluding carboxylic acids is 1. The van der Waals surface area contributed by atoms with Crippen molar-refractivity contribution in [2.24, 2.45) is 5.41 Å². The Morgan fingerprint density at radius 1 is 1.25 bits per heavy atom. The Labute approximate surface area is 168 Å². The van der Waals surface area contributed by atoms with Crippen molar-refractivity contribution in [3.05, 3.63) is 34.2 Å². The monoisotopic (exact) mass is 402 g/mol. The average Bonchev–Trinajstić information content (AvgIpc) is 3.40. The summed E-state index contributed by atoms with van der Waals surface area (Å²) in [5, 5.41) is 10.7. The largest absolute Gasteiger partial charge is 0.423 e. The summed E-state index contributed by atoms with van der Waals surface area (Å²) in [6, 6.07) is 4.18. The summed E-state index contributed by atoms with van der Waals surface area (Å²) in [7, 11) is 2.12. The number of hydrogen-bond donors (Lipinski definition) is 0. The van der Waals surface area contributed by atoms with Gasteiger partial charge in [0.05, 0.1) is 12.5 Å². The van der Waals surface area contributed by atoms with E-state index in [1.165, 1.54) is 0 Å². The maximum Gasteiger partial charge on any atom is 0.233 e. The molecule has 0 radical (unpaired) electrons. The summed E-state index contributed by atoms with van der Waals surface area (Å²) in [6.45, 7) is 4.17. The van der Waals surface area contributed by atoms with Crippen LogP contribution in [-0.2, 0) is 16.0 Å². The van der Waals surface area contributed by atoms with Crippen molar-refractivity contribution in [1.82, 2.24) is 20.0 Å². The van der Waals surface area contributed by atoms with Gasteiger partial charge in [-0.2, -0.15) is 0 Å². The number of thiophene rings is 1. The molecule has 5 heterocycles. The van der Waals surface area contributed by atoms with Crippen LogP contribution >= 0.6 is 11.3 Å². The standard InChI is InChI=1S/C20H26N4O3S/c1-23-11-20(12-24(13-20)17(25)9-15-3-2-8-28-15)10-16(23)19-22-21-18(27-19)14-4-6-26-7-5-14/h2-3,8,14,16H,4-7,9-13H2,1H3. The van der Waals surface area contributed by atoms with Gasteiger partial charge in [0.2, 0.25) is 17.7 Å². The molecule has 2 aromatic heterocycles. The molecule has 5 rings (SSSR count). The Bertz CT molecular complexity index is 824. The summed E-state index contributed by atoms with van der Waals surface area (Å²) in [4.78, 5) is 18.0. The molecule has 1 spiro atoms. The highest BCUT2D eigenvalue weighted by molar-refractivity contribution is 7.10. The molecule has 0 N–H and O–H groups in total. The van der Waals surface area contributed by atoms with E-state index in [1.807, 2.05) is 22.4 Å². The molecule has 3 aliphatic rings. The summed E-state index contributed by atoms with van der Waals surface area (Å²) in [6.07, 6.45) is 3.40. The molecule has 1 atom stereocenters. The Morgan fingerprint density at radius 3 is 2.79 bits per heavy atom. The van der Waals surface area contributed by atoms with Gasteiger partial charge in [0, 0.05) is 49.1 Å². The molecule has 150 valence electrons. The number of ether oxygens (including phenoxy) is 1. The molecular weight excluding hydrogens is 376 g/mol. The molecule has 3 aliphatic heterocycles. The number of rotatable bonds is 4. The smallest absolute Gasteiger partial charge is 0.233 e. The van der Waals surface area contributed by atoms with Gasteiger partial charge in [-0.15, -0.1) is 21.5 Å². The molecule has 0 saturated carbocycles. The summed E-state index contributed by atoms with van der Waals surface area (Å²) >= 11 is 1.65. The fourth-order valence-corrected chi connectivity index (χ4v) is 5.58. The Morgan fingerprint density at radius 2 is 2.04 bits per heavy atom. The third-order valence-electron chi connectivity index (χ3n) is 6.37. The molecular formula is C20H26N4O3S. The van der Waals surface area contributed by atoms with Gasteiger partial charge in [0.15, 0.2) is 0 Å². The molecule has 3 fully saturated rings. The zero-order valence-electron chi connectivity index (χ0n) is 16.2. The fourth-order valence-electron chi connectivity index (χ4n) is 4.88. The zero-order valence-corrected chi connectivity index (χ0v) is 17.0. The first kappa shape index (κ1) is 18.3. The number of hydrogen-bond acceptors (Lipinski definition) is 7. The number of aromatic nitrogens is 2. The number of nitrogens with zero attached hydrogens (tertiary/aromatic N) is 4. The lowest BCUT2D eigenvalue weighted by atomic mass is 9.77. The highest BCUT2D eigenvalue weighted by atomic mass is 32.1. The van der Waals surface area contributed by atoms with Crippen molar-refractivity contribution in [3.8, 4) is 0 Å². The van der Waals surface area contributed by atoms with Crippen LogP contribution < -0.4 is 0 Å². The van der Waals surface area contributed by atoms with E-state index in [-0.39, 0.29) is 17.4 Å². The molecule has 3 saturated heterocycles. The SMILES string of the molecule is CN1CC2(CC1c1nnc(C3CCOCC3)o1)CN(C(=O)Cc1cccs1)C2. The second-order valence-corrected chi connectivity index (χ2v) is 9.54. The van der Waals surface area contributed by atoms with E-state index >= 15 is 0 Å². The summed E-state index contributed by atoms with van der Waals surface area (Å²) in [5.41, 5.74) is 0.165. The third kappa shape index (κ3) is 3.38. The molecule has 2 aromatic rings. The number of amides is 1. The predicted molar refractivity (Wildman–Crippen MR) is 104 cm³/mol. The fraction of sp³-hybridized carbons (Fsp3) is 0.650. The van der Waals surface area contributed by atoms with E-state index in [0.717, 1.165) is 68.8 Å². The molecule has 0 aliphatic carbocycles. The van der Waals surface area contributed by atoms with Gasteiger partial charge in [-0.3, -0.25) is 9.69 Å². The molecule has 28 heavy (non-hydrogen) atoms. The first-order valence-electron chi connectivity index (χ1n) is 10.0. The number of likely N-dealkylation sites (tertiary alicyclic amines) is 2. The van der Waals surface area contributed by atoms with E-state index < -0.39 is 0 Å². The van der Waals surface area contributed by atoms with Crippen molar-refractivity contribution in [1.29, 1.82) is 0 Å². The molecule has 0 bridgehead atoms. The molecule has 1 unspecified atom stereocenters. The predicted octanol–water partition coefficient (Wildman–Crippen LogP) is 2.47. The van der Waals surface area contributed by atoms with Gasteiger partial charge in [-0.1, -0.05) is 6.07 Å². The summed E-state index contributed by atoms with van der Waals surface area (Å²) in [5.74, 6) is 2.04. The third-order valence-corrected chi connectivity index (χ3v) is 7.24. The highest BCUT2D eigenvalue weighted by Gasteiger charge is 2.53. The second-order valence-electron chi connectivity index (χ2n) is 8.51. The normalized spacial score (nSPS) is 25.3. The van der Waals surface area contributed by atoms with Crippen LogP contribution in [0.25, 0.3) is 0 Å². The molecule has 1 amide bonds. The first-order valence-corrected chi connectivity index (χ1v) is 10.9. The average molecular weight is 403 g/mol. The highest BCUT2D eigenvalue weighted by Crippen LogP contribution is 2.47. The van der Waals surface area contributed by atoms with Crippen LogP contribution in [0.5, 0.6) is 0 Å². The van der Waals surface area contributed by atoms with E-state index in [4.69, 9.17) is 9.15 Å². The lowest BCUT2D eigenvalue weighted by Gasteiger charge is -2.48. The Balaban J connectivity index is 1.20. The van der Waals surface area contributed by atoms with E-state index in [1.54, 1.807) is 11.3 Å². The van der Waals surface area contributed by atoms with Crippen LogP contribution in [-0.4, -0.2) is 65.8 Å². The van der Waals surface area contributed by atoms with E-state index in [2.05, 4.69) is 22.1 Å². The molecule has 8 heteroatoms. The molecule has 7 nitrogen and oxygen atoms in total. The van der Waals surface area contributed by atoms with Gasteiger partial charge in [-0.05, 0) is 37.8 Å². The van der Waals surface area contributed by atoms with Gasteiger partial charge < -0.3 is 14.1 Å². The van der Waals surface area contributed by atoms with Gasteiger partial charge >= 0.3 is 0 Å². The quantitative estimate of drug-likeness (QED) is 0.782. The van der Waals surface area contributed by atoms with E-state index in [9.17, 15) is 4.79 Å². The van der Waals surface area contributed by atoms with Crippen LogP contribution in [0.4, 0.5) is 0 Å². The van der Waals surface area contributed by atoms with Crippen molar-refractivity contribution in [2.75, 3.05) is 39.9 Å². The van der Waals surface area contributed by atoms with E-state index in [0.29, 0.717) is 12.3 Å². The van der Waals surface area contributed by atoms with Crippen molar-refractivity contribution >= 4 is 17.2 Å². The summed E-state index contributed by atoms with van der Waals surface area (Å²) < 4.78 is 11.5. The van der Waals surface area contributed by atoms with Crippen molar-refractivity contribution < 1.29 is 13.9 Å². The van der Waals surface area contributed by atoms with Crippen LogP contribution in [0, 0.1) is 5.41 Å². The zero-order chi connectivity index (χ0) is 19.1. The molecule has 0 aromatic carbocycles. The van der Waals surface area contributed by atoms with Gasteiger partial charge in [0.1, 0.15) is 0 Å². The van der Waals surface area contributed by atoms with Crippen LogP contribution in [0.1, 0.15) is 47.9 Å². The van der Waals surface area contributed by atoms with Crippen molar-refractivity contribution in [2.45, 2.75) is 37.6 Å². The lowest BCUT2D eigenvalue weighted by Crippen LogP contribution is -2.59. The van der Waals surface area contributed by atoms with Crippen molar-refractivity contribution in [3.63, 3.8) is 0 Å². The van der Waals surface area contributed by atoms with Crippen LogP contribution in [0.15, 0.2) is 21.9 Å². The Kier molecular flexibility index (Phi) is 4.72. The Hall–Kier alpha value is -1.77. The van der Waals surface area contributed by atoms with Gasteiger partial charge in [0.25, 0.3) is 0 Å². The topological polar surface area (TPSA) is 71.7 Å². The van der Waals surface area contributed by atoms with Gasteiger partial charge in [-0.25, -0.2) is 0 Å². The maximum absolute atomic E-state index is 12.5.